The van der Waals surface area contributed by atoms with Gasteiger partial charge in [-0.3, -0.25) is 4.79 Å². The van der Waals surface area contributed by atoms with E-state index in [1.807, 2.05) is 13.8 Å². The van der Waals surface area contributed by atoms with Crippen molar-refractivity contribution >= 4 is 18.3 Å². The van der Waals surface area contributed by atoms with Gasteiger partial charge in [0, 0.05) is 13.6 Å². The van der Waals surface area contributed by atoms with Crippen molar-refractivity contribution in [3.05, 3.63) is 48.0 Å². The number of rotatable bonds is 5. The van der Waals surface area contributed by atoms with Gasteiger partial charge in [0.1, 0.15) is 11.6 Å². The summed E-state index contributed by atoms with van der Waals surface area (Å²) in [6, 6.07) is 9.47. The third-order valence-corrected chi connectivity index (χ3v) is 3.52. The van der Waals surface area contributed by atoms with E-state index >= 15 is 0 Å². The van der Waals surface area contributed by atoms with Gasteiger partial charge in [-0.2, -0.15) is 0 Å². The van der Waals surface area contributed by atoms with Gasteiger partial charge in [0.25, 0.3) is 5.91 Å². The second-order valence-electron chi connectivity index (χ2n) is 6.17. The molecule has 0 aliphatic carbocycles. The van der Waals surface area contributed by atoms with Gasteiger partial charge in [0.15, 0.2) is 5.76 Å². The average Bonchev–Trinajstić information content (AvgIpc) is 2.96. The second-order valence-corrected chi connectivity index (χ2v) is 6.17. The molecule has 4 nitrogen and oxygen atoms in total. The number of nitrogens with two attached hydrogens (primary N) is 1. The van der Waals surface area contributed by atoms with Gasteiger partial charge in [-0.15, -0.1) is 12.4 Å². The minimum absolute atomic E-state index is 0. The first-order valence-electron chi connectivity index (χ1n) is 7.14. The van der Waals surface area contributed by atoms with E-state index in [0.29, 0.717) is 24.4 Å². The Morgan fingerprint density at radius 1 is 1.26 bits per heavy atom. The summed E-state index contributed by atoms with van der Waals surface area (Å²) >= 11 is 0. The number of benzene rings is 1. The van der Waals surface area contributed by atoms with Gasteiger partial charge in [-0.05, 0) is 36.2 Å². The zero-order valence-electron chi connectivity index (χ0n) is 13.5. The molecule has 126 valence electrons. The Kier molecular flexibility index (Phi) is 6.36. The highest BCUT2D eigenvalue weighted by Gasteiger charge is 2.24. The van der Waals surface area contributed by atoms with Crippen LogP contribution in [0.2, 0.25) is 0 Å². The first-order valence-corrected chi connectivity index (χ1v) is 7.14. The quantitative estimate of drug-likeness (QED) is 0.905. The maximum atomic E-state index is 13.7. The Labute approximate surface area is 141 Å². The first-order chi connectivity index (χ1) is 10.3. The van der Waals surface area contributed by atoms with Crippen LogP contribution in [0.3, 0.4) is 0 Å². The van der Waals surface area contributed by atoms with Gasteiger partial charge in [0.05, 0.1) is 5.56 Å². The SMILES string of the molecule is CN(CC(C)(C)CN)C(=O)c1ccc(-c2ccccc2F)o1.Cl. The van der Waals surface area contributed by atoms with Crippen LogP contribution in [0.25, 0.3) is 11.3 Å². The van der Waals surface area contributed by atoms with E-state index in [9.17, 15) is 9.18 Å². The van der Waals surface area contributed by atoms with Gasteiger partial charge < -0.3 is 15.1 Å². The average molecular weight is 341 g/mol. The topological polar surface area (TPSA) is 59.5 Å². The van der Waals surface area contributed by atoms with Gasteiger partial charge >= 0.3 is 0 Å². The normalized spacial score (nSPS) is 11.0. The number of carbonyl (C=O) groups excluding carboxylic acids is 1. The Morgan fingerprint density at radius 2 is 1.91 bits per heavy atom. The first kappa shape index (κ1) is 19.2. The van der Waals surface area contributed by atoms with Gasteiger partial charge in [-0.1, -0.05) is 26.0 Å². The summed E-state index contributed by atoms with van der Waals surface area (Å²) < 4.78 is 19.3. The Morgan fingerprint density at radius 3 is 2.52 bits per heavy atom. The molecule has 6 heteroatoms. The van der Waals surface area contributed by atoms with E-state index in [4.69, 9.17) is 10.2 Å². The molecule has 0 bridgehead atoms. The molecule has 0 saturated heterocycles. The molecule has 0 atom stereocenters. The van der Waals surface area contributed by atoms with Crippen molar-refractivity contribution in [1.29, 1.82) is 0 Å². The van der Waals surface area contributed by atoms with Gasteiger partial charge in [0.2, 0.25) is 0 Å². The molecule has 0 spiro atoms. The minimum Gasteiger partial charge on any atom is -0.451 e. The summed E-state index contributed by atoms with van der Waals surface area (Å²) in [4.78, 5) is 13.9. The van der Waals surface area contributed by atoms with Gasteiger partial charge in [-0.25, -0.2) is 4.39 Å². The Bertz CT molecular complexity index is 670. The van der Waals surface area contributed by atoms with E-state index in [0.717, 1.165) is 0 Å². The van der Waals surface area contributed by atoms with Crippen molar-refractivity contribution in [3.8, 4) is 11.3 Å². The molecule has 2 aromatic rings. The summed E-state index contributed by atoms with van der Waals surface area (Å²) in [7, 11) is 1.70. The fourth-order valence-electron chi connectivity index (χ4n) is 2.23. The number of carbonyl (C=O) groups is 1. The molecular weight excluding hydrogens is 319 g/mol. The fraction of sp³-hybridized carbons (Fsp3) is 0.353. The van der Waals surface area contributed by atoms with Crippen molar-refractivity contribution in [2.24, 2.45) is 11.1 Å². The maximum Gasteiger partial charge on any atom is 0.289 e. The molecule has 0 radical (unpaired) electrons. The lowest BCUT2D eigenvalue weighted by Gasteiger charge is -2.28. The van der Waals surface area contributed by atoms with E-state index in [2.05, 4.69) is 0 Å². The highest BCUT2D eigenvalue weighted by molar-refractivity contribution is 5.92. The standard InChI is InChI=1S/C17H21FN2O2.ClH/c1-17(2,10-19)11-20(3)16(21)15-9-8-14(22-15)12-6-4-5-7-13(12)18;/h4-9H,10-11,19H2,1-3H3;1H. The van der Waals surface area contributed by atoms with Crippen LogP contribution in [0.5, 0.6) is 0 Å². The Balaban J connectivity index is 0.00000264. The van der Waals surface area contributed by atoms with Crippen LogP contribution in [-0.2, 0) is 0 Å². The highest BCUT2D eigenvalue weighted by atomic mass is 35.5. The minimum atomic E-state index is -0.381. The van der Waals surface area contributed by atoms with Crippen LogP contribution >= 0.6 is 12.4 Å². The molecule has 1 aromatic heterocycles. The van der Waals surface area contributed by atoms with Crippen LogP contribution < -0.4 is 5.73 Å². The molecule has 0 saturated carbocycles. The molecule has 23 heavy (non-hydrogen) atoms. The molecular formula is C17H22ClFN2O2. The van der Waals surface area contributed by atoms with E-state index < -0.39 is 0 Å². The molecule has 2 rings (SSSR count). The molecule has 0 unspecified atom stereocenters. The van der Waals surface area contributed by atoms with Crippen LogP contribution in [0.1, 0.15) is 24.4 Å². The molecule has 1 aromatic carbocycles. The van der Waals surface area contributed by atoms with Crippen LogP contribution in [-0.4, -0.2) is 30.9 Å². The van der Waals surface area contributed by atoms with E-state index in [1.165, 1.54) is 6.07 Å². The molecule has 2 N–H and O–H groups in total. The third kappa shape index (κ3) is 4.56. The third-order valence-electron chi connectivity index (χ3n) is 3.52. The smallest absolute Gasteiger partial charge is 0.289 e. The predicted octanol–water partition coefficient (Wildman–Crippen LogP) is 3.56. The van der Waals surface area contributed by atoms with Crippen molar-refractivity contribution < 1.29 is 13.6 Å². The molecule has 1 amide bonds. The Hall–Kier alpha value is -1.85. The van der Waals surface area contributed by atoms with E-state index in [1.54, 1.807) is 42.3 Å². The summed E-state index contributed by atoms with van der Waals surface area (Å²) in [6.07, 6.45) is 0. The maximum absolute atomic E-state index is 13.7. The lowest BCUT2D eigenvalue weighted by atomic mass is 9.93. The number of amides is 1. The highest BCUT2D eigenvalue weighted by Crippen LogP contribution is 2.25. The van der Waals surface area contributed by atoms with Crippen molar-refractivity contribution in [1.82, 2.24) is 4.90 Å². The lowest BCUT2D eigenvalue weighted by Crippen LogP contribution is -2.39. The number of furan rings is 1. The van der Waals surface area contributed by atoms with Crippen LogP contribution in [0, 0.1) is 11.2 Å². The van der Waals surface area contributed by atoms with Crippen LogP contribution in [0.4, 0.5) is 4.39 Å². The van der Waals surface area contributed by atoms with Crippen LogP contribution in [0.15, 0.2) is 40.8 Å². The second kappa shape index (κ2) is 7.62. The zero-order chi connectivity index (χ0) is 16.3. The van der Waals surface area contributed by atoms with E-state index in [-0.39, 0.29) is 35.3 Å². The number of halogens is 2. The number of nitrogens with zero attached hydrogens (tertiary/aromatic N) is 1. The molecule has 1 heterocycles. The number of hydrogen-bond acceptors (Lipinski definition) is 3. The number of hydrogen-bond donors (Lipinski definition) is 1. The zero-order valence-corrected chi connectivity index (χ0v) is 14.3. The fourth-order valence-corrected chi connectivity index (χ4v) is 2.23. The van der Waals surface area contributed by atoms with Crippen molar-refractivity contribution in [3.63, 3.8) is 0 Å². The molecule has 0 fully saturated rings. The largest absolute Gasteiger partial charge is 0.451 e. The molecule has 0 aliphatic heterocycles. The summed E-state index contributed by atoms with van der Waals surface area (Å²) in [5.74, 6) is -0.0981. The predicted molar refractivity (Wildman–Crippen MR) is 91.1 cm³/mol. The van der Waals surface area contributed by atoms with Crippen molar-refractivity contribution in [2.45, 2.75) is 13.8 Å². The summed E-state index contributed by atoms with van der Waals surface area (Å²) in [5.41, 5.74) is 5.85. The summed E-state index contributed by atoms with van der Waals surface area (Å²) in [6.45, 7) is 4.97. The lowest BCUT2D eigenvalue weighted by molar-refractivity contribution is 0.0710. The molecule has 0 aliphatic rings. The summed E-state index contributed by atoms with van der Waals surface area (Å²) in [5, 5.41) is 0. The monoisotopic (exact) mass is 340 g/mol. The van der Waals surface area contributed by atoms with Crippen molar-refractivity contribution in [2.75, 3.05) is 20.1 Å².